The average molecular weight is 437 g/mol. The number of imide groups is 1. The molecule has 2 saturated heterocycles. The summed E-state index contributed by atoms with van der Waals surface area (Å²) in [6.45, 7) is 5.21. The number of pyridine rings is 1. The molecule has 29 heavy (non-hydrogen) atoms. The molecule has 0 radical (unpaired) electrons. The quantitative estimate of drug-likeness (QED) is 0.725. The number of thioether (sulfide) groups is 1. The third kappa shape index (κ3) is 3.77. The third-order valence-electron chi connectivity index (χ3n) is 4.87. The molecule has 1 N–H and O–H groups in total. The first-order valence-corrected chi connectivity index (χ1v) is 11.4. The molecule has 0 spiro atoms. The highest BCUT2D eigenvalue weighted by Gasteiger charge is 2.30. The van der Waals surface area contributed by atoms with Crippen molar-refractivity contribution in [3.8, 4) is 0 Å². The zero-order chi connectivity index (χ0) is 20.8. The van der Waals surface area contributed by atoms with Crippen molar-refractivity contribution in [2.45, 2.75) is 19.1 Å². The number of nitrogens with one attached hydrogen (secondary N) is 1. The molecule has 0 aromatic carbocycles. The van der Waals surface area contributed by atoms with E-state index in [1.807, 2.05) is 4.90 Å². The Bertz CT molecular complexity index is 1110. The fourth-order valence-electron chi connectivity index (χ4n) is 3.30. The summed E-state index contributed by atoms with van der Waals surface area (Å²) < 4.78 is 32.2. The number of hydrogen-bond donors (Lipinski definition) is 1. The summed E-state index contributed by atoms with van der Waals surface area (Å²) in [7, 11) is -3.27. The maximum absolute atomic E-state index is 12.4. The second-order valence-electron chi connectivity index (χ2n) is 7.06. The molecule has 0 bridgehead atoms. The lowest BCUT2D eigenvalue weighted by Crippen LogP contribution is -2.50. The zero-order valence-corrected chi connectivity index (χ0v) is 17.5. The van der Waals surface area contributed by atoms with E-state index < -0.39 is 26.4 Å². The van der Waals surface area contributed by atoms with Crippen molar-refractivity contribution in [2.24, 2.45) is 0 Å². The molecule has 2 aromatic heterocycles. The predicted octanol–water partition coefficient (Wildman–Crippen LogP) is 2.01. The Morgan fingerprint density at radius 3 is 2.55 bits per heavy atom. The monoisotopic (exact) mass is 436 g/mol. The molecule has 4 rings (SSSR count). The van der Waals surface area contributed by atoms with Crippen LogP contribution in [0, 0.1) is 0 Å². The Kier molecular flexibility index (Phi) is 5.13. The standard InChI is InChI=1S/C18H20N4O5S2/c1-11(2)29(25,26)22-5-3-21(4-6-22)14-10-19-9-12-7-13(27-16(12)14)8-15-17(23)20-18(24)28-15/h7-11H,3-6H2,1-2H3,(H,20,23,24). The minimum absolute atomic E-state index is 0.274. The van der Waals surface area contributed by atoms with Gasteiger partial charge in [-0.25, -0.2) is 8.42 Å². The van der Waals surface area contributed by atoms with Gasteiger partial charge in [0.1, 0.15) is 5.76 Å². The number of aromatic nitrogens is 1. The fourth-order valence-corrected chi connectivity index (χ4v) is 5.23. The van der Waals surface area contributed by atoms with Crippen LogP contribution in [0.5, 0.6) is 0 Å². The topological polar surface area (TPSA) is 113 Å². The van der Waals surface area contributed by atoms with Crippen LogP contribution in [0.15, 0.2) is 27.8 Å². The predicted molar refractivity (Wildman–Crippen MR) is 111 cm³/mol. The molecular formula is C18H20N4O5S2. The van der Waals surface area contributed by atoms with Crippen LogP contribution in [-0.2, 0) is 14.8 Å². The van der Waals surface area contributed by atoms with Crippen LogP contribution in [0.3, 0.4) is 0 Å². The summed E-state index contributed by atoms with van der Waals surface area (Å²) >= 11 is 0.829. The molecule has 154 valence electrons. The van der Waals surface area contributed by atoms with Crippen LogP contribution in [-0.4, -0.2) is 60.3 Å². The molecular weight excluding hydrogens is 416 g/mol. The maximum Gasteiger partial charge on any atom is 0.290 e. The van der Waals surface area contributed by atoms with Gasteiger partial charge in [-0.2, -0.15) is 4.31 Å². The smallest absolute Gasteiger partial charge is 0.290 e. The van der Waals surface area contributed by atoms with E-state index in [1.54, 1.807) is 32.3 Å². The summed E-state index contributed by atoms with van der Waals surface area (Å²) in [4.78, 5) is 29.6. The molecule has 4 heterocycles. The van der Waals surface area contributed by atoms with Crippen molar-refractivity contribution in [3.63, 3.8) is 0 Å². The second-order valence-corrected chi connectivity index (χ2v) is 10.6. The molecule has 11 heteroatoms. The summed E-state index contributed by atoms with van der Waals surface area (Å²) in [5, 5.41) is 2.12. The molecule has 9 nitrogen and oxygen atoms in total. The highest BCUT2D eigenvalue weighted by atomic mass is 32.2. The molecule has 2 amide bonds. The van der Waals surface area contributed by atoms with E-state index in [0.29, 0.717) is 37.5 Å². The number of rotatable bonds is 4. The van der Waals surface area contributed by atoms with Crippen molar-refractivity contribution >= 4 is 55.7 Å². The van der Waals surface area contributed by atoms with Crippen LogP contribution in [0.1, 0.15) is 19.6 Å². The minimum Gasteiger partial charge on any atom is -0.454 e. The number of furan rings is 1. The van der Waals surface area contributed by atoms with E-state index in [-0.39, 0.29) is 4.91 Å². The van der Waals surface area contributed by atoms with Crippen LogP contribution in [0.2, 0.25) is 0 Å². The van der Waals surface area contributed by atoms with Crippen molar-refractivity contribution < 1.29 is 22.4 Å². The van der Waals surface area contributed by atoms with E-state index in [9.17, 15) is 18.0 Å². The maximum atomic E-state index is 12.4. The number of anilines is 1. The second kappa shape index (κ2) is 7.47. The number of piperazine rings is 1. The van der Waals surface area contributed by atoms with E-state index >= 15 is 0 Å². The highest BCUT2D eigenvalue weighted by Crippen LogP contribution is 2.32. The number of sulfonamides is 1. The van der Waals surface area contributed by atoms with Crippen LogP contribution >= 0.6 is 11.8 Å². The van der Waals surface area contributed by atoms with Gasteiger partial charge in [0.25, 0.3) is 11.1 Å². The van der Waals surface area contributed by atoms with Gasteiger partial charge in [0.15, 0.2) is 5.58 Å². The van der Waals surface area contributed by atoms with Crippen molar-refractivity contribution in [1.82, 2.24) is 14.6 Å². The van der Waals surface area contributed by atoms with Crippen molar-refractivity contribution in [3.05, 3.63) is 29.1 Å². The largest absolute Gasteiger partial charge is 0.454 e. The van der Waals surface area contributed by atoms with E-state index in [4.69, 9.17) is 4.42 Å². The van der Waals surface area contributed by atoms with Crippen LogP contribution < -0.4 is 10.2 Å². The number of nitrogens with zero attached hydrogens (tertiary/aromatic N) is 3. The summed E-state index contributed by atoms with van der Waals surface area (Å²) in [5.74, 6) is 0.00362. The molecule has 0 unspecified atom stereocenters. The first-order chi connectivity index (χ1) is 13.8. The fraction of sp³-hybridized carbons (Fsp3) is 0.389. The molecule has 0 saturated carbocycles. The Morgan fingerprint density at radius 2 is 1.93 bits per heavy atom. The van der Waals surface area contributed by atoms with Gasteiger partial charge in [-0.3, -0.25) is 19.9 Å². The van der Waals surface area contributed by atoms with Crippen LogP contribution in [0.4, 0.5) is 10.5 Å². The third-order valence-corrected chi connectivity index (χ3v) is 7.96. The lowest BCUT2D eigenvalue weighted by molar-refractivity contribution is -0.115. The Hall–Kier alpha value is -2.37. The van der Waals surface area contributed by atoms with Gasteiger partial charge in [-0.05, 0) is 31.7 Å². The zero-order valence-electron chi connectivity index (χ0n) is 15.9. The summed E-state index contributed by atoms with van der Waals surface area (Å²) in [6.07, 6.45) is 4.88. The SMILES string of the molecule is CC(C)S(=O)(=O)N1CCN(c2cncc3cc(C=C4SC(=O)NC4=O)oc23)CC1. The number of hydrogen-bond acceptors (Lipinski definition) is 8. The lowest BCUT2D eigenvalue weighted by atomic mass is 10.2. The average Bonchev–Trinajstić information content (AvgIpc) is 3.23. The highest BCUT2D eigenvalue weighted by molar-refractivity contribution is 8.18. The Morgan fingerprint density at radius 1 is 1.21 bits per heavy atom. The number of amides is 2. The first-order valence-electron chi connectivity index (χ1n) is 9.12. The summed E-state index contributed by atoms with van der Waals surface area (Å²) in [5.41, 5.74) is 1.38. The number of fused-ring (bicyclic) bond motifs is 1. The van der Waals surface area contributed by atoms with Gasteiger partial charge in [-0.15, -0.1) is 0 Å². The molecule has 0 aliphatic carbocycles. The minimum atomic E-state index is -3.27. The van der Waals surface area contributed by atoms with E-state index in [2.05, 4.69) is 10.3 Å². The lowest BCUT2D eigenvalue weighted by Gasteiger charge is -2.35. The molecule has 0 atom stereocenters. The van der Waals surface area contributed by atoms with Gasteiger partial charge in [0.05, 0.1) is 22.0 Å². The normalized spacial score (nSPS) is 20.2. The van der Waals surface area contributed by atoms with Gasteiger partial charge in [-0.1, -0.05) is 0 Å². The molecule has 2 aliphatic rings. The van der Waals surface area contributed by atoms with Gasteiger partial charge >= 0.3 is 0 Å². The molecule has 2 aliphatic heterocycles. The summed E-state index contributed by atoms with van der Waals surface area (Å²) in [6, 6.07) is 1.76. The molecule has 2 aromatic rings. The Labute approximate surface area is 172 Å². The number of carbonyl (C=O) groups is 2. The van der Waals surface area contributed by atoms with Crippen LogP contribution in [0.25, 0.3) is 17.0 Å². The first kappa shape index (κ1) is 19.9. The van der Waals surface area contributed by atoms with E-state index in [0.717, 1.165) is 22.8 Å². The van der Waals surface area contributed by atoms with Gasteiger partial charge in [0.2, 0.25) is 10.0 Å². The number of carbonyl (C=O) groups excluding carboxylic acids is 2. The molecule has 2 fully saturated rings. The van der Waals surface area contributed by atoms with Crippen molar-refractivity contribution in [2.75, 3.05) is 31.1 Å². The van der Waals surface area contributed by atoms with Gasteiger partial charge < -0.3 is 9.32 Å². The van der Waals surface area contributed by atoms with Crippen molar-refractivity contribution in [1.29, 1.82) is 0 Å². The van der Waals surface area contributed by atoms with E-state index in [1.165, 1.54) is 10.4 Å². The van der Waals surface area contributed by atoms with Gasteiger partial charge in [0, 0.05) is 43.8 Å². The Balaban J connectivity index is 1.58.